The van der Waals surface area contributed by atoms with Crippen LogP contribution >= 0.6 is 27.3 Å². The maximum absolute atomic E-state index is 12.8. The van der Waals surface area contributed by atoms with E-state index >= 15 is 0 Å². The van der Waals surface area contributed by atoms with Gasteiger partial charge >= 0.3 is 0 Å². The van der Waals surface area contributed by atoms with Gasteiger partial charge in [-0.25, -0.2) is 0 Å². The zero-order valence-corrected chi connectivity index (χ0v) is 13.7. The first-order chi connectivity index (χ1) is 9.50. The highest BCUT2D eigenvalue weighted by molar-refractivity contribution is 9.10. The molecule has 1 saturated heterocycles. The molecule has 20 heavy (non-hydrogen) atoms. The average molecular weight is 357 g/mol. The normalized spacial score (nSPS) is 27.4. The van der Waals surface area contributed by atoms with Gasteiger partial charge in [-0.05, 0) is 53.1 Å². The predicted octanol–water partition coefficient (Wildman–Crippen LogP) is 2.53. The van der Waals surface area contributed by atoms with E-state index < -0.39 is 5.54 Å². The highest BCUT2D eigenvalue weighted by Gasteiger charge is 2.51. The number of carbonyl (C=O) groups is 2. The Morgan fingerprint density at radius 2 is 2.25 bits per heavy atom. The first kappa shape index (κ1) is 14.1. The van der Waals surface area contributed by atoms with E-state index in [-0.39, 0.29) is 11.8 Å². The lowest BCUT2D eigenvalue weighted by Crippen LogP contribution is -2.56. The molecule has 0 spiro atoms. The van der Waals surface area contributed by atoms with Crippen LogP contribution in [0.15, 0.2) is 15.9 Å². The van der Waals surface area contributed by atoms with Crippen LogP contribution in [0.1, 0.15) is 31.1 Å². The zero-order chi connectivity index (χ0) is 14.3. The van der Waals surface area contributed by atoms with E-state index in [0.29, 0.717) is 25.4 Å². The summed E-state index contributed by atoms with van der Waals surface area (Å²) in [5, 5.41) is 4.96. The fourth-order valence-electron chi connectivity index (χ4n) is 2.77. The second-order valence-corrected chi connectivity index (χ2v) is 7.55. The summed E-state index contributed by atoms with van der Waals surface area (Å²) >= 11 is 5.14. The van der Waals surface area contributed by atoms with Gasteiger partial charge in [0.25, 0.3) is 0 Å². The van der Waals surface area contributed by atoms with Crippen LogP contribution < -0.4 is 5.32 Å². The highest BCUT2D eigenvalue weighted by Crippen LogP contribution is 2.41. The molecule has 2 amide bonds. The summed E-state index contributed by atoms with van der Waals surface area (Å²) in [6.07, 6.45) is 2.44. The number of hydrogen-bond donors (Lipinski definition) is 1. The summed E-state index contributed by atoms with van der Waals surface area (Å²) in [6, 6.07) is 1.99. The van der Waals surface area contributed by atoms with Crippen molar-refractivity contribution in [3.05, 3.63) is 20.8 Å². The lowest BCUT2D eigenvalue weighted by molar-refractivity contribution is -0.139. The topological polar surface area (TPSA) is 49.4 Å². The number of rotatable bonds is 3. The minimum atomic E-state index is -0.711. The van der Waals surface area contributed by atoms with E-state index in [1.165, 1.54) is 0 Å². The number of amides is 2. The van der Waals surface area contributed by atoms with Crippen LogP contribution in [0.5, 0.6) is 0 Å². The quantitative estimate of drug-likeness (QED) is 0.904. The predicted molar refractivity (Wildman–Crippen MR) is 81.3 cm³/mol. The Morgan fingerprint density at radius 1 is 1.50 bits per heavy atom. The summed E-state index contributed by atoms with van der Waals surface area (Å²) in [5.41, 5.74) is -0.711. The third-order valence-corrected chi connectivity index (χ3v) is 6.07. The van der Waals surface area contributed by atoms with Crippen molar-refractivity contribution in [3.63, 3.8) is 0 Å². The molecule has 1 aliphatic heterocycles. The van der Waals surface area contributed by atoms with E-state index in [1.807, 2.05) is 23.3 Å². The van der Waals surface area contributed by atoms with Gasteiger partial charge in [-0.15, -0.1) is 11.3 Å². The van der Waals surface area contributed by atoms with Crippen molar-refractivity contribution in [3.8, 4) is 0 Å². The van der Waals surface area contributed by atoms with Crippen LogP contribution in [0.2, 0.25) is 0 Å². The molecule has 1 atom stereocenters. The number of nitrogens with zero attached hydrogens (tertiary/aromatic N) is 1. The molecule has 0 bridgehead atoms. The van der Waals surface area contributed by atoms with Crippen molar-refractivity contribution in [1.82, 2.24) is 10.2 Å². The Labute approximate surface area is 130 Å². The van der Waals surface area contributed by atoms with Crippen molar-refractivity contribution in [1.29, 1.82) is 0 Å². The Morgan fingerprint density at radius 3 is 2.85 bits per heavy atom. The van der Waals surface area contributed by atoms with Crippen molar-refractivity contribution < 1.29 is 9.59 Å². The molecule has 2 heterocycles. The lowest BCUT2D eigenvalue weighted by Gasteiger charge is -2.32. The van der Waals surface area contributed by atoms with E-state index in [1.54, 1.807) is 11.3 Å². The van der Waals surface area contributed by atoms with Gasteiger partial charge in [0.2, 0.25) is 11.8 Å². The molecule has 0 aromatic carbocycles. The van der Waals surface area contributed by atoms with Crippen LogP contribution in [0.25, 0.3) is 0 Å². The van der Waals surface area contributed by atoms with Crippen molar-refractivity contribution in [2.45, 2.75) is 38.3 Å². The molecule has 1 aliphatic carbocycles. The standard InChI is InChI=1S/C14H17BrN2O2S/c1-14(9-2-3-9)13(19)17(6-4-12(18)16-14)8-11-10(15)5-7-20-11/h5,7,9H,2-4,6,8H2,1H3,(H,16,18). The summed E-state index contributed by atoms with van der Waals surface area (Å²) in [6.45, 7) is 2.96. The van der Waals surface area contributed by atoms with Crippen LogP contribution in [-0.2, 0) is 16.1 Å². The van der Waals surface area contributed by atoms with Gasteiger partial charge in [0, 0.05) is 22.3 Å². The van der Waals surface area contributed by atoms with Crippen LogP contribution in [0.4, 0.5) is 0 Å². The Kier molecular flexibility index (Phi) is 3.62. The summed E-state index contributed by atoms with van der Waals surface area (Å²) in [7, 11) is 0. The first-order valence-corrected chi connectivity index (χ1v) is 8.50. The van der Waals surface area contributed by atoms with Crippen molar-refractivity contribution >= 4 is 39.1 Å². The number of thiophene rings is 1. The minimum Gasteiger partial charge on any atom is -0.342 e. The Balaban J connectivity index is 1.84. The van der Waals surface area contributed by atoms with E-state index in [9.17, 15) is 9.59 Å². The molecule has 2 aliphatic rings. The maximum atomic E-state index is 12.8. The van der Waals surface area contributed by atoms with Gasteiger partial charge in [0.1, 0.15) is 5.54 Å². The van der Waals surface area contributed by atoms with Gasteiger partial charge in [0.05, 0.1) is 6.54 Å². The minimum absolute atomic E-state index is 0.0134. The van der Waals surface area contributed by atoms with Crippen molar-refractivity contribution in [2.75, 3.05) is 6.54 Å². The van der Waals surface area contributed by atoms with Crippen LogP contribution in [0, 0.1) is 5.92 Å². The molecule has 1 saturated carbocycles. The molecular weight excluding hydrogens is 340 g/mol. The molecule has 4 nitrogen and oxygen atoms in total. The fraction of sp³-hybridized carbons (Fsp3) is 0.571. The molecule has 1 aromatic heterocycles. The number of hydrogen-bond acceptors (Lipinski definition) is 3. The monoisotopic (exact) mass is 356 g/mol. The molecule has 3 rings (SSSR count). The smallest absolute Gasteiger partial charge is 0.248 e. The largest absolute Gasteiger partial charge is 0.342 e. The van der Waals surface area contributed by atoms with Gasteiger partial charge in [0.15, 0.2) is 0 Å². The molecule has 1 unspecified atom stereocenters. The molecule has 0 radical (unpaired) electrons. The molecular formula is C14H17BrN2O2S. The van der Waals surface area contributed by atoms with E-state index in [2.05, 4.69) is 21.2 Å². The molecule has 6 heteroatoms. The number of carbonyl (C=O) groups excluding carboxylic acids is 2. The SMILES string of the molecule is CC1(C2CC2)NC(=O)CCN(Cc2sccc2Br)C1=O. The molecule has 1 aromatic rings. The van der Waals surface area contributed by atoms with Gasteiger partial charge in [-0.3, -0.25) is 9.59 Å². The zero-order valence-electron chi connectivity index (χ0n) is 11.3. The second-order valence-electron chi connectivity index (χ2n) is 5.69. The number of halogens is 1. The van der Waals surface area contributed by atoms with E-state index in [0.717, 1.165) is 22.2 Å². The highest BCUT2D eigenvalue weighted by atomic mass is 79.9. The third kappa shape index (κ3) is 2.51. The Hall–Kier alpha value is -0.880. The number of nitrogens with one attached hydrogen (secondary N) is 1. The average Bonchev–Trinajstić information content (AvgIpc) is 3.19. The molecule has 2 fully saturated rings. The fourth-order valence-corrected chi connectivity index (χ4v) is 4.26. The summed E-state index contributed by atoms with van der Waals surface area (Å²) in [5.74, 6) is 0.345. The second kappa shape index (κ2) is 5.15. The van der Waals surface area contributed by atoms with Crippen LogP contribution in [0.3, 0.4) is 0 Å². The van der Waals surface area contributed by atoms with Gasteiger partial charge in [-0.1, -0.05) is 0 Å². The molecule has 1 N–H and O–H groups in total. The maximum Gasteiger partial charge on any atom is 0.248 e. The van der Waals surface area contributed by atoms with Gasteiger partial charge in [-0.2, -0.15) is 0 Å². The lowest BCUT2D eigenvalue weighted by atomic mass is 9.94. The summed E-state index contributed by atoms with van der Waals surface area (Å²) in [4.78, 5) is 27.7. The summed E-state index contributed by atoms with van der Waals surface area (Å²) < 4.78 is 1.03. The van der Waals surface area contributed by atoms with Crippen molar-refractivity contribution in [2.24, 2.45) is 5.92 Å². The van der Waals surface area contributed by atoms with E-state index in [4.69, 9.17) is 0 Å². The first-order valence-electron chi connectivity index (χ1n) is 6.83. The van der Waals surface area contributed by atoms with Gasteiger partial charge < -0.3 is 10.2 Å². The Bertz CT molecular complexity index is 555. The third-order valence-electron chi connectivity index (χ3n) is 4.16. The van der Waals surface area contributed by atoms with Crippen LogP contribution in [-0.4, -0.2) is 28.8 Å². The molecule has 108 valence electrons.